The number of non-ortho nitro benzene ring substituents is 1. The number of hydrogen-bond acceptors (Lipinski definition) is 12. The highest BCUT2D eigenvalue weighted by Crippen LogP contribution is 2.42. The lowest BCUT2D eigenvalue weighted by Gasteiger charge is -2.49. The minimum atomic E-state index is -1.22. The Kier molecular flexibility index (Phi) is 8.02. The van der Waals surface area contributed by atoms with Gasteiger partial charge in [-0.3, -0.25) is 24.6 Å². The zero-order valence-corrected chi connectivity index (χ0v) is 23.6. The second-order valence-corrected chi connectivity index (χ2v) is 12.3. The number of nitro benzene ring substituents is 1. The molecule has 1 fully saturated rings. The molecule has 40 heavy (non-hydrogen) atoms. The molecule has 0 unspecified atom stereocenters. The number of carboxylic acids is 1. The summed E-state index contributed by atoms with van der Waals surface area (Å²) in [6.07, 6.45) is 0. The van der Waals surface area contributed by atoms with Gasteiger partial charge in [-0.2, -0.15) is 0 Å². The zero-order chi connectivity index (χ0) is 28.6. The van der Waals surface area contributed by atoms with Crippen LogP contribution in [0.4, 0.5) is 5.69 Å². The van der Waals surface area contributed by atoms with Crippen molar-refractivity contribution >= 4 is 69.9 Å². The number of hydrogen-bond donors (Lipinski definition) is 2. The van der Waals surface area contributed by atoms with Gasteiger partial charge < -0.3 is 19.6 Å². The molecule has 0 aliphatic carbocycles. The third-order valence-corrected chi connectivity index (χ3v) is 9.50. The Balaban J connectivity index is 1.21. The standard InChI is InChI=1S/C23H18ClN5O8S3/c1-10-26-27-23(40-10)39-9-11-8-38-21-17(20(31)28(21)18(11)22(32)33)25-19(30)15-5-3-13(37-15)7-36-16-6-12(29(34)35)2-4-14(16)24/h2-6,17,21H,7-9H2,1H3,(H,25,30)(H,32,33)/t17-,21+/m1/s1. The average molecular weight is 624 g/mol. The van der Waals surface area contributed by atoms with E-state index in [1.54, 1.807) is 0 Å². The van der Waals surface area contributed by atoms with Crippen LogP contribution in [-0.2, 0) is 16.2 Å². The molecule has 2 aliphatic rings. The van der Waals surface area contributed by atoms with Crippen LogP contribution in [0.3, 0.4) is 0 Å². The van der Waals surface area contributed by atoms with Crippen LogP contribution in [0.25, 0.3) is 0 Å². The average Bonchev–Trinajstić information content (AvgIpc) is 3.58. The molecule has 2 N–H and O–H groups in total. The predicted molar refractivity (Wildman–Crippen MR) is 146 cm³/mol. The fourth-order valence-corrected chi connectivity index (χ4v) is 7.41. The number of halogens is 1. The molecule has 2 amide bonds. The van der Waals surface area contributed by atoms with Gasteiger partial charge in [0.15, 0.2) is 10.1 Å². The van der Waals surface area contributed by atoms with E-state index in [2.05, 4.69) is 15.5 Å². The number of benzene rings is 1. The molecule has 2 aliphatic heterocycles. The Morgan fingerprint density at radius 2 is 2.15 bits per heavy atom. The number of carbonyl (C=O) groups is 3. The summed E-state index contributed by atoms with van der Waals surface area (Å²) in [5, 5.41) is 31.8. The number of carboxylic acid groups (broad SMARTS) is 1. The van der Waals surface area contributed by atoms with Crippen molar-refractivity contribution in [3.05, 3.63) is 73.3 Å². The van der Waals surface area contributed by atoms with E-state index in [-0.39, 0.29) is 40.3 Å². The number of aliphatic carboxylic acids is 1. The van der Waals surface area contributed by atoms with Crippen molar-refractivity contribution in [2.75, 3.05) is 11.5 Å². The summed E-state index contributed by atoms with van der Waals surface area (Å²) < 4.78 is 11.7. The normalized spacial score (nSPS) is 18.2. The number of furan rings is 1. The van der Waals surface area contributed by atoms with Crippen LogP contribution in [0, 0.1) is 17.0 Å². The second-order valence-electron chi connectivity index (χ2n) is 8.42. The van der Waals surface area contributed by atoms with Gasteiger partial charge in [0, 0.05) is 17.6 Å². The van der Waals surface area contributed by atoms with Gasteiger partial charge in [0.1, 0.15) is 40.2 Å². The molecule has 5 rings (SSSR count). The third kappa shape index (κ3) is 5.65. The summed E-state index contributed by atoms with van der Waals surface area (Å²) in [5.74, 6) is -1.47. The summed E-state index contributed by atoms with van der Waals surface area (Å²) in [7, 11) is 0. The van der Waals surface area contributed by atoms with Crippen LogP contribution < -0.4 is 10.1 Å². The molecule has 0 spiro atoms. The Morgan fingerprint density at radius 3 is 2.85 bits per heavy atom. The molecule has 0 bridgehead atoms. The van der Waals surface area contributed by atoms with E-state index in [1.165, 1.54) is 70.1 Å². The van der Waals surface area contributed by atoms with Crippen molar-refractivity contribution in [3.63, 3.8) is 0 Å². The second kappa shape index (κ2) is 11.5. The van der Waals surface area contributed by atoms with Gasteiger partial charge >= 0.3 is 5.97 Å². The van der Waals surface area contributed by atoms with E-state index in [9.17, 15) is 29.6 Å². The molecule has 1 aromatic carbocycles. The predicted octanol–water partition coefficient (Wildman–Crippen LogP) is 3.72. The van der Waals surface area contributed by atoms with Crippen molar-refractivity contribution in [3.8, 4) is 5.75 Å². The number of nitro groups is 1. The molecule has 208 valence electrons. The summed E-state index contributed by atoms with van der Waals surface area (Å²) >= 11 is 10.1. The largest absolute Gasteiger partial charge is 0.484 e. The fourth-order valence-electron chi connectivity index (χ4n) is 3.93. The van der Waals surface area contributed by atoms with Crippen molar-refractivity contribution in [1.82, 2.24) is 20.4 Å². The first-order valence-corrected chi connectivity index (χ1v) is 14.6. The highest BCUT2D eigenvalue weighted by atomic mass is 35.5. The molecule has 13 nitrogen and oxygen atoms in total. The van der Waals surface area contributed by atoms with Crippen LogP contribution >= 0.6 is 46.5 Å². The van der Waals surface area contributed by atoms with Crippen LogP contribution in [0.15, 0.2) is 50.4 Å². The van der Waals surface area contributed by atoms with Crippen LogP contribution in [0.2, 0.25) is 5.02 Å². The minimum absolute atomic E-state index is 0.0752. The van der Waals surface area contributed by atoms with Gasteiger partial charge in [0.2, 0.25) is 0 Å². The van der Waals surface area contributed by atoms with Gasteiger partial charge in [-0.05, 0) is 30.7 Å². The summed E-state index contributed by atoms with van der Waals surface area (Å²) in [4.78, 5) is 49.4. The molecule has 3 aromatic rings. The zero-order valence-electron chi connectivity index (χ0n) is 20.4. The first-order valence-electron chi connectivity index (χ1n) is 11.4. The van der Waals surface area contributed by atoms with E-state index in [4.69, 9.17) is 20.8 Å². The highest BCUT2D eigenvalue weighted by Gasteiger charge is 2.54. The Bertz CT molecular complexity index is 1560. The quantitative estimate of drug-likeness (QED) is 0.145. The van der Waals surface area contributed by atoms with Crippen LogP contribution in [0.1, 0.15) is 21.3 Å². The first kappa shape index (κ1) is 27.9. The maximum atomic E-state index is 12.9. The molecular formula is C23H18ClN5O8S3. The van der Waals surface area contributed by atoms with Gasteiger partial charge in [0.05, 0.1) is 16.0 Å². The van der Waals surface area contributed by atoms with Crippen molar-refractivity contribution in [2.45, 2.75) is 29.3 Å². The lowest BCUT2D eigenvalue weighted by atomic mass is 10.0. The van der Waals surface area contributed by atoms with E-state index in [0.717, 1.165) is 5.01 Å². The number of ether oxygens (including phenoxy) is 1. The third-order valence-electron chi connectivity index (χ3n) is 5.79. The fraction of sp³-hybridized carbons (Fsp3) is 0.261. The molecular weight excluding hydrogens is 606 g/mol. The van der Waals surface area contributed by atoms with E-state index in [1.807, 2.05) is 6.92 Å². The lowest BCUT2D eigenvalue weighted by molar-refractivity contribution is -0.384. The van der Waals surface area contributed by atoms with Crippen LogP contribution in [-0.4, -0.2) is 65.8 Å². The van der Waals surface area contributed by atoms with E-state index in [0.29, 0.717) is 21.4 Å². The number of aromatic nitrogens is 2. The molecule has 0 radical (unpaired) electrons. The topological polar surface area (TPSA) is 178 Å². The number of rotatable bonds is 10. The molecule has 4 heterocycles. The number of thioether (sulfide) groups is 2. The minimum Gasteiger partial charge on any atom is -0.484 e. The van der Waals surface area contributed by atoms with Crippen molar-refractivity contribution in [2.24, 2.45) is 0 Å². The lowest BCUT2D eigenvalue weighted by Crippen LogP contribution is -2.70. The molecule has 0 saturated carbocycles. The smallest absolute Gasteiger partial charge is 0.352 e. The SMILES string of the molecule is Cc1nnc(SCC2=C(C(=O)O)N3C(=O)[C@@H](NC(=O)c4ccc(COc5cc([N+](=O)[O-])ccc5Cl)o4)[C@@H]3SC2)s1. The van der Waals surface area contributed by atoms with Gasteiger partial charge in [0.25, 0.3) is 17.5 Å². The Hall–Kier alpha value is -3.60. The highest BCUT2D eigenvalue weighted by molar-refractivity contribution is 8.01. The van der Waals surface area contributed by atoms with Crippen LogP contribution in [0.5, 0.6) is 5.75 Å². The molecule has 1 saturated heterocycles. The maximum Gasteiger partial charge on any atom is 0.352 e. The van der Waals surface area contributed by atoms with E-state index >= 15 is 0 Å². The Morgan fingerprint density at radius 1 is 1.35 bits per heavy atom. The van der Waals surface area contributed by atoms with Crippen molar-refractivity contribution < 1.29 is 33.6 Å². The summed E-state index contributed by atoms with van der Waals surface area (Å²) in [6, 6.07) is 5.71. The number of nitrogens with one attached hydrogen (secondary N) is 1. The van der Waals surface area contributed by atoms with Gasteiger partial charge in [-0.1, -0.05) is 34.7 Å². The van der Waals surface area contributed by atoms with Crippen molar-refractivity contribution in [1.29, 1.82) is 0 Å². The number of carbonyl (C=O) groups excluding carboxylic acids is 2. The number of β-lactam (4-membered cyclic amide) rings is 1. The number of fused-ring (bicyclic) bond motifs is 1. The van der Waals surface area contributed by atoms with Gasteiger partial charge in [-0.25, -0.2) is 4.79 Å². The van der Waals surface area contributed by atoms with Gasteiger partial charge in [-0.15, -0.1) is 22.0 Å². The maximum absolute atomic E-state index is 12.9. The number of aryl methyl sites for hydroxylation is 1. The molecule has 17 heteroatoms. The summed E-state index contributed by atoms with van der Waals surface area (Å²) in [6.45, 7) is 1.67. The number of nitrogens with zero attached hydrogens (tertiary/aromatic N) is 4. The summed E-state index contributed by atoms with van der Waals surface area (Å²) in [5.41, 5.74) is 0.312. The molecule has 2 aromatic heterocycles. The monoisotopic (exact) mass is 623 g/mol. The molecule has 2 atom stereocenters. The Labute approximate surface area is 243 Å². The number of amides is 2. The first-order chi connectivity index (χ1) is 19.1. The van der Waals surface area contributed by atoms with E-state index < -0.39 is 34.1 Å².